The Labute approximate surface area is 139 Å². The highest BCUT2D eigenvalue weighted by Crippen LogP contribution is 2.46. The molecule has 4 rings (SSSR count). The van der Waals surface area contributed by atoms with E-state index >= 15 is 0 Å². The molecule has 1 aromatic carbocycles. The van der Waals surface area contributed by atoms with Crippen LogP contribution in [0.25, 0.3) is 0 Å². The number of benzene rings is 1. The van der Waals surface area contributed by atoms with Crippen molar-refractivity contribution in [2.45, 2.75) is 63.1 Å². The van der Waals surface area contributed by atoms with Crippen LogP contribution in [0.5, 0.6) is 5.75 Å². The normalized spacial score (nSPS) is 31.5. The Morgan fingerprint density at radius 3 is 1.96 bits per heavy atom. The average Bonchev–Trinajstić information content (AvgIpc) is 3.05. The third-order valence-corrected chi connectivity index (χ3v) is 6.41. The number of rotatable bonds is 2. The van der Waals surface area contributed by atoms with Crippen LogP contribution in [-0.2, 0) is 9.47 Å². The first-order valence-corrected chi connectivity index (χ1v) is 9.31. The molecule has 3 fully saturated rings. The number of hydrogen-bond donors (Lipinski definition) is 1. The van der Waals surface area contributed by atoms with E-state index in [4.69, 9.17) is 9.47 Å². The van der Waals surface area contributed by atoms with Crippen LogP contribution in [0.15, 0.2) is 24.3 Å². The molecule has 2 aliphatic carbocycles. The van der Waals surface area contributed by atoms with Gasteiger partial charge in [-0.1, -0.05) is 12.1 Å². The van der Waals surface area contributed by atoms with Gasteiger partial charge in [0, 0.05) is 12.8 Å². The van der Waals surface area contributed by atoms with Crippen LogP contribution in [0.1, 0.15) is 62.8 Å². The second-order valence-electron chi connectivity index (χ2n) is 7.65. The maximum Gasteiger partial charge on any atom is 0.168 e. The highest BCUT2D eigenvalue weighted by atomic mass is 16.7. The van der Waals surface area contributed by atoms with E-state index < -0.39 is 0 Å². The Morgan fingerprint density at radius 2 is 1.35 bits per heavy atom. The molecule has 0 radical (unpaired) electrons. The van der Waals surface area contributed by atoms with Crippen molar-refractivity contribution in [1.82, 2.24) is 0 Å². The molecule has 1 saturated heterocycles. The van der Waals surface area contributed by atoms with Crippen LogP contribution in [0.3, 0.4) is 0 Å². The molecule has 1 aliphatic heterocycles. The maximum absolute atomic E-state index is 9.43. The minimum Gasteiger partial charge on any atom is -0.508 e. The van der Waals surface area contributed by atoms with Gasteiger partial charge in [-0.25, -0.2) is 0 Å². The van der Waals surface area contributed by atoms with Crippen LogP contribution in [-0.4, -0.2) is 24.1 Å². The van der Waals surface area contributed by atoms with Crippen molar-refractivity contribution in [1.29, 1.82) is 0 Å². The van der Waals surface area contributed by atoms with E-state index in [1.165, 1.54) is 44.1 Å². The maximum atomic E-state index is 9.43. The third kappa shape index (κ3) is 3.27. The summed E-state index contributed by atoms with van der Waals surface area (Å²) in [5.41, 5.74) is 1.40. The highest BCUT2D eigenvalue weighted by molar-refractivity contribution is 5.28. The molecule has 1 N–H and O–H groups in total. The van der Waals surface area contributed by atoms with Crippen molar-refractivity contribution >= 4 is 0 Å². The van der Waals surface area contributed by atoms with Gasteiger partial charge >= 0.3 is 0 Å². The molecule has 23 heavy (non-hydrogen) atoms. The highest BCUT2D eigenvalue weighted by Gasteiger charge is 2.42. The van der Waals surface area contributed by atoms with E-state index in [0.29, 0.717) is 11.7 Å². The van der Waals surface area contributed by atoms with Crippen LogP contribution in [0.2, 0.25) is 0 Å². The molecule has 0 amide bonds. The van der Waals surface area contributed by atoms with Gasteiger partial charge in [0.2, 0.25) is 0 Å². The fourth-order valence-electron chi connectivity index (χ4n) is 5.01. The van der Waals surface area contributed by atoms with Crippen LogP contribution in [0.4, 0.5) is 0 Å². The average molecular weight is 316 g/mol. The summed E-state index contributed by atoms with van der Waals surface area (Å²) in [4.78, 5) is 0. The summed E-state index contributed by atoms with van der Waals surface area (Å²) in [7, 11) is 0. The SMILES string of the molecule is Oc1ccc(C2CCC(C3CCC4(CC3)OCCO4)CC2)cc1. The molecule has 1 heterocycles. The van der Waals surface area contributed by atoms with Gasteiger partial charge in [0.1, 0.15) is 5.75 Å². The van der Waals surface area contributed by atoms with Gasteiger partial charge in [-0.2, -0.15) is 0 Å². The molecule has 3 nitrogen and oxygen atoms in total. The Bertz CT molecular complexity index is 500. The second kappa shape index (κ2) is 6.45. The fraction of sp³-hybridized carbons (Fsp3) is 0.700. The van der Waals surface area contributed by atoms with Gasteiger partial charge < -0.3 is 14.6 Å². The molecule has 0 bridgehead atoms. The topological polar surface area (TPSA) is 38.7 Å². The lowest BCUT2D eigenvalue weighted by molar-refractivity contribution is -0.185. The smallest absolute Gasteiger partial charge is 0.168 e. The summed E-state index contributed by atoms with van der Waals surface area (Å²) >= 11 is 0. The molecule has 126 valence electrons. The van der Waals surface area contributed by atoms with Crippen molar-refractivity contribution in [2.75, 3.05) is 13.2 Å². The molecule has 0 aromatic heterocycles. The van der Waals surface area contributed by atoms with Gasteiger partial charge in [0.25, 0.3) is 0 Å². The molecule has 0 atom stereocenters. The lowest BCUT2D eigenvalue weighted by atomic mass is 9.69. The van der Waals surface area contributed by atoms with Crippen LogP contribution >= 0.6 is 0 Å². The second-order valence-corrected chi connectivity index (χ2v) is 7.65. The molecule has 3 heteroatoms. The Morgan fingerprint density at radius 1 is 0.783 bits per heavy atom. The Hall–Kier alpha value is -1.06. The summed E-state index contributed by atoms with van der Waals surface area (Å²) in [5.74, 6) is 2.61. The minimum atomic E-state index is -0.209. The number of hydrogen-bond acceptors (Lipinski definition) is 3. The van der Waals surface area contributed by atoms with Gasteiger partial charge in [-0.3, -0.25) is 0 Å². The predicted octanol–water partition coefficient (Wildman–Crippen LogP) is 4.60. The van der Waals surface area contributed by atoms with Crippen molar-refractivity contribution in [2.24, 2.45) is 11.8 Å². The first-order chi connectivity index (χ1) is 11.2. The summed E-state index contributed by atoms with van der Waals surface area (Å²) in [6.07, 6.45) is 10.0. The third-order valence-electron chi connectivity index (χ3n) is 6.41. The standard InChI is InChI=1S/C20H28O3/c21-19-7-5-17(6-8-19)15-1-3-16(4-2-15)18-9-11-20(12-10-18)22-13-14-23-20/h5-8,15-16,18,21H,1-4,9-14H2. The monoisotopic (exact) mass is 316 g/mol. The first kappa shape index (κ1) is 15.5. The Kier molecular flexibility index (Phi) is 4.33. The number of ether oxygens (including phenoxy) is 2. The van der Waals surface area contributed by atoms with E-state index in [1.807, 2.05) is 12.1 Å². The molecular formula is C20H28O3. The van der Waals surface area contributed by atoms with Gasteiger partial charge in [-0.15, -0.1) is 0 Å². The number of phenolic OH excluding ortho intramolecular Hbond substituents is 1. The van der Waals surface area contributed by atoms with Crippen molar-refractivity contribution in [3.63, 3.8) is 0 Å². The molecule has 1 aromatic rings. The van der Waals surface area contributed by atoms with E-state index in [9.17, 15) is 5.11 Å². The molecule has 1 spiro atoms. The molecular weight excluding hydrogens is 288 g/mol. The summed E-state index contributed by atoms with van der Waals surface area (Å²) < 4.78 is 11.7. The van der Waals surface area contributed by atoms with Gasteiger partial charge in [0.05, 0.1) is 13.2 Å². The van der Waals surface area contributed by atoms with Gasteiger partial charge in [0.15, 0.2) is 5.79 Å². The Balaban J connectivity index is 1.29. The zero-order chi connectivity index (χ0) is 15.7. The first-order valence-electron chi connectivity index (χ1n) is 9.31. The predicted molar refractivity (Wildman–Crippen MR) is 89.4 cm³/mol. The lowest BCUT2D eigenvalue weighted by Crippen LogP contribution is -2.37. The van der Waals surface area contributed by atoms with E-state index in [2.05, 4.69) is 12.1 Å². The summed E-state index contributed by atoms with van der Waals surface area (Å²) in [6.45, 7) is 1.56. The molecule has 2 saturated carbocycles. The van der Waals surface area contributed by atoms with E-state index in [0.717, 1.165) is 37.9 Å². The van der Waals surface area contributed by atoms with Gasteiger partial charge in [-0.05, 0) is 74.0 Å². The largest absolute Gasteiger partial charge is 0.508 e. The quantitative estimate of drug-likeness (QED) is 0.866. The van der Waals surface area contributed by atoms with Crippen LogP contribution < -0.4 is 0 Å². The molecule has 3 aliphatic rings. The summed E-state index contributed by atoms with van der Waals surface area (Å²) in [6, 6.07) is 7.84. The lowest BCUT2D eigenvalue weighted by Gasteiger charge is -2.41. The zero-order valence-electron chi connectivity index (χ0n) is 13.9. The minimum absolute atomic E-state index is 0.209. The van der Waals surface area contributed by atoms with Crippen LogP contribution in [0, 0.1) is 11.8 Å². The van der Waals surface area contributed by atoms with E-state index in [-0.39, 0.29) is 5.79 Å². The van der Waals surface area contributed by atoms with Crippen molar-refractivity contribution in [3.05, 3.63) is 29.8 Å². The number of phenols is 1. The number of aromatic hydroxyl groups is 1. The fourth-order valence-corrected chi connectivity index (χ4v) is 5.01. The molecule has 0 unspecified atom stereocenters. The summed E-state index contributed by atoms with van der Waals surface area (Å²) in [5, 5.41) is 9.43. The zero-order valence-corrected chi connectivity index (χ0v) is 13.9. The van der Waals surface area contributed by atoms with Crippen molar-refractivity contribution < 1.29 is 14.6 Å². The van der Waals surface area contributed by atoms with E-state index in [1.54, 1.807) is 0 Å². The van der Waals surface area contributed by atoms with Crippen molar-refractivity contribution in [3.8, 4) is 5.75 Å².